The Balaban J connectivity index is 1.84. The summed E-state index contributed by atoms with van der Waals surface area (Å²) in [7, 11) is 0. The van der Waals surface area contributed by atoms with Crippen LogP contribution in [0.3, 0.4) is 0 Å². The molecule has 0 saturated carbocycles. The molecule has 5 heteroatoms. The molecule has 0 aliphatic carbocycles. The number of halogens is 1. The first-order valence-electron chi connectivity index (χ1n) is 7.49. The average molecular weight is 336 g/mol. The van der Waals surface area contributed by atoms with Gasteiger partial charge in [0.1, 0.15) is 10.6 Å². The van der Waals surface area contributed by atoms with E-state index in [9.17, 15) is 9.18 Å². The van der Waals surface area contributed by atoms with Gasteiger partial charge in [-0.15, -0.1) is 11.3 Å². The van der Waals surface area contributed by atoms with E-state index in [1.165, 1.54) is 23.5 Å². The van der Waals surface area contributed by atoms with Crippen molar-refractivity contribution in [2.24, 2.45) is 0 Å². The van der Waals surface area contributed by atoms with Crippen LogP contribution in [0.2, 0.25) is 0 Å². The smallest absolute Gasteiger partial charge is 0.263 e. The summed E-state index contributed by atoms with van der Waals surface area (Å²) in [5.74, 6) is -0.294. The van der Waals surface area contributed by atoms with Crippen molar-refractivity contribution < 1.29 is 4.39 Å². The predicted molar refractivity (Wildman–Crippen MR) is 94.8 cm³/mol. The summed E-state index contributed by atoms with van der Waals surface area (Å²) in [6.45, 7) is 0.474. The van der Waals surface area contributed by atoms with Crippen molar-refractivity contribution in [3.05, 3.63) is 88.0 Å². The number of hydrogen-bond donors (Lipinski definition) is 0. The molecule has 0 amide bonds. The SMILES string of the molecule is O=c1c2c(-c3ccc(F)cc3)csc2ncn1Cc1ccccc1. The highest BCUT2D eigenvalue weighted by molar-refractivity contribution is 7.17. The zero-order valence-corrected chi connectivity index (χ0v) is 13.5. The van der Waals surface area contributed by atoms with Crippen molar-refractivity contribution in [2.75, 3.05) is 0 Å². The Morgan fingerprint density at radius 2 is 1.79 bits per heavy atom. The Morgan fingerprint density at radius 1 is 1.04 bits per heavy atom. The third-order valence-corrected chi connectivity index (χ3v) is 4.80. The minimum Gasteiger partial charge on any atom is -0.294 e. The Kier molecular flexibility index (Phi) is 3.70. The standard InChI is InChI=1S/C19H13FN2OS/c20-15-8-6-14(7-9-15)16-11-24-18-17(16)19(23)22(12-21-18)10-13-4-2-1-3-5-13/h1-9,11-12H,10H2. The van der Waals surface area contributed by atoms with Crippen molar-refractivity contribution in [2.45, 2.75) is 6.54 Å². The van der Waals surface area contributed by atoms with Crippen LogP contribution in [0.1, 0.15) is 5.56 Å². The van der Waals surface area contributed by atoms with Crippen LogP contribution in [-0.4, -0.2) is 9.55 Å². The van der Waals surface area contributed by atoms with Crippen molar-refractivity contribution >= 4 is 21.6 Å². The summed E-state index contributed by atoms with van der Waals surface area (Å²) in [4.78, 5) is 18.0. The van der Waals surface area contributed by atoms with Gasteiger partial charge in [-0.05, 0) is 23.3 Å². The topological polar surface area (TPSA) is 34.9 Å². The number of rotatable bonds is 3. The molecule has 24 heavy (non-hydrogen) atoms. The molecule has 0 N–H and O–H groups in total. The maximum Gasteiger partial charge on any atom is 0.263 e. The van der Waals surface area contributed by atoms with Crippen LogP contribution in [0.15, 0.2) is 71.1 Å². The van der Waals surface area contributed by atoms with Gasteiger partial charge in [-0.1, -0.05) is 42.5 Å². The molecule has 0 atom stereocenters. The number of nitrogens with zero attached hydrogens (tertiary/aromatic N) is 2. The molecule has 0 radical (unpaired) electrons. The van der Waals surface area contributed by atoms with Gasteiger partial charge in [0, 0.05) is 10.9 Å². The van der Waals surface area contributed by atoms with E-state index >= 15 is 0 Å². The van der Waals surface area contributed by atoms with Crippen LogP contribution in [-0.2, 0) is 6.54 Å². The Bertz CT molecular complexity index is 1050. The fourth-order valence-corrected chi connectivity index (χ4v) is 3.61. The first-order valence-corrected chi connectivity index (χ1v) is 8.37. The Labute approximate surface area is 141 Å². The third kappa shape index (κ3) is 2.63. The molecule has 0 bridgehead atoms. The number of fused-ring (bicyclic) bond motifs is 1. The zero-order valence-electron chi connectivity index (χ0n) is 12.6. The van der Waals surface area contributed by atoms with Crippen molar-refractivity contribution in [3.63, 3.8) is 0 Å². The predicted octanol–water partition coefficient (Wildman–Crippen LogP) is 4.31. The normalized spacial score (nSPS) is 11.0. The molecule has 0 fully saturated rings. The molecule has 118 valence electrons. The van der Waals surface area contributed by atoms with Gasteiger partial charge in [-0.25, -0.2) is 9.37 Å². The maximum absolute atomic E-state index is 13.2. The summed E-state index contributed by atoms with van der Waals surface area (Å²) >= 11 is 1.42. The lowest BCUT2D eigenvalue weighted by atomic mass is 10.1. The molecule has 4 rings (SSSR count). The second kappa shape index (κ2) is 6.02. The first kappa shape index (κ1) is 14.8. The van der Waals surface area contributed by atoms with Gasteiger partial charge in [0.05, 0.1) is 18.3 Å². The number of benzene rings is 2. The quantitative estimate of drug-likeness (QED) is 0.559. The molecule has 0 unspecified atom stereocenters. The summed E-state index contributed by atoms with van der Waals surface area (Å²) in [6.07, 6.45) is 1.59. The molecule has 2 aromatic carbocycles. The van der Waals surface area contributed by atoms with E-state index in [0.29, 0.717) is 16.8 Å². The van der Waals surface area contributed by atoms with E-state index in [4.69, 9.17) is 0 Å². The van der Waals surface area contributed by atoms with Gasteiger partial charge in [-0.3, -0.25) is 9.36 Å². The summed E-state index contributed by atoms with van der Waals surface area (Å²) in [6, 6.07) is 16.0. The van der Waals surface area contributed by atoms with Gasteiger partial charge in [0.15, 0.2) is 0 Å². The van der Waals surface area contributed by atoms with E-state index in [1.807, 2.05) is 35.7 Å². The molecule has 0 saturated heterocycles. The van der Waals surface area contributed by atoms with Gasteiger partial charge < -0.3 is 0 Å². The number of aromatic nitrogens is 2. The van der Waals surface area contributed by atoms with Gasteiger partial charge in [-0.2, -0.15) is 0 Å². The fraction of sp³-hybridized carbons (Fsp3) is 0.0526. The van der Waals surface area contributed by atoms with Crippen molar-refractivity contribution in [1.29, 1.82) is 0 Å². The molecule has 0 spiro atoms. The molecule has 0 aliphatic rings. The van der Waals surface area contributed by atoms with E-state index < -0.39 is 0 Å². The van der Waals surface area contributed by atoms with Crippen LogP contribution < -0.4 is 5.56 Å². The Morgan fingerprint density at radius 3 is 2.54 bits per heavy atom. The Hall–Kier alpha value is -2.79. The first-order chi connectivity index (χ1) is 11.7. The molecular formula is C19H13FN2OS. The minimum absolute atomic E-state index is 0.0792. The van der Waals surface area contributed by atoms with Crippen molar-refractivity contribution in [1.82, 2.24) is 9.55 Å². The van der Waals surface area contributed by atoms with Gasteiger partial charge in [0.2, 0.25) is 0 Å². The monoisotopic (exact) mass is 336 g/mol. The second-order valence-electron chi connectivity index (χ2n) is 5.50. The van der Waals surface area contributed by atoms with E-state index in [0.717, 1.165) is 16.7 Å². The maximum atomic E-state index is 13.2. The number of thiophene rings is 1. The summed E-state index contributed by atoms with van der Waals surface area (Å²) in [5.41, 5.74) is 2.58. The van der Waals surface area contributed by atoms with Crippen LogP contribution >= 0.6 is 11.3 Å². The molecule has 2 heterocycles. The molecule has 4 aromatic rings. The summed E-state index contributed by atoms with van der Waals surface area (Å²) in [5, 5.41) is 2.49. The van der Waals surface area contributed by atoms with Crippen LogP contribution in [0.25, 0.3) is 21.3 Å². The van der Waals surface area contributed by atoms with Crippen LogP contribution in [0.5, 0.6) is 0 Å². The fourth-order valence-electron chi connectivity index (χ4n) is 2.70. The highest BCUT2D eigenvalue weighted by Crippen LogP contribution is 2.30. The highest BCUT2D eigenvalue weighted by Gasteiger charge is 2.13. The van der Waals surface area contributed by atoms with Crippen molar-refractivity contribution in [3.8, 4) is 11.1 Å². The molecule has 2 aromatic heterocycles. The van der Waals surface area contributed by atoms with Gasteiger partial charge >= 0.3 is 0 Å². The van der Waals surface area contributed by atoms with E-state index in [2.05, 4.69) is 4.98 Å². The van der Waals surface area contributed by atoms with Crippen LogP contribution in [0.4, 0.5) is 4.39 Å². The van der Waals surface area contributed by atoms with E-state index in [-0.39, 0.29) is 11.4 Å². The van der Waals surface area contributed by atoms with Crippen LogP contribution in [0, 0.1) is 5.82 Å². The van der Waals surface area contributed by atoms with Gasteiger partial charge in [0.25, 0.3) is 5.56 Å². The largest absolute Gasteiger partial charge is 0.294 e. The summed E-state index contributed by atoms with van der Waals surface area (Å²) < 4.78 is 14.8. The second-order valence-corrected chi connectivity index (χ2v) is 6.36. The molecule has 0 aliphatic heterocycles. The lowest BCUT2D eigenvalue weighted by Crippen LogP contribution is -2.20. The zero-order chi connectivity index (χ0) is 16.5. The highest BCUT2D eigenvalue weighted by atomic mass is 32.1. The van der Waals surface area contributed by atoms with E-state index in [1.54, 1.807) is 23.0 Å². The average Bonchev–Trinajstić information content (AvgIpc) is 3.04. The minimum atomic E-state index is -0.294. The molecular weight excluding hydrogens is 323 g/mol. The number of hydrogen-bond acceptors (Lipinski definition) is 3. The lowest BCUT2D eigenvalue weighted by Gasteiger charge is -2.06. The third-order valence-electron chi connectivity index (χ3n) is 3.91. The molecule has 3 nitrogen and oxygen atoms in total. The lowest BCUT2D eigenvalue weighted by molar-refractivity contribution is 0.628.